The van der Waals surface area contributed by atoms with Crippen molar-refractivity contribution in [2.24, 2.45) is 22.6 Å². The fourth-order valence-corrected chi connectivity index (χ4v) is 9.70. The minimum absolute atomic E-state index is 0.0358. The molecule has 7 atom stereocenters. The zero-order valence-electron chi connectivity index (χ0n) is 32.8. The Morgan fingerprint density at radius 1 is 0.983 bits per heavy atom. The van der Waals surface area contributed by atoms with E-state index in [9.17, 15) is 54.4 Å². The predicted octanol–water partition coefficient (Wildman–Crippen LogP) is 3.34. The molecular weight excluding hydrogens is 807 g/mol. The molecule has 320 valence electrons. The van der Waals surface area contributed by atoms with E-state index < -0.39 is 57.9 Å². The van der Waals surface area contributed by atoms with Gasteiger partial charge in [0.05, 0.1) is 34.0 Å². The van der Waals surface area contributed by atoms with Gasteiger partial charge in [0.15, 0.2) is 0 Å². The number of non-ortho nitro benzene ring substituents is 2. The Balaban J connectivity index is 1.06. The number of carbonyl (C=O) groups excluding carboxylic acids is 4. The molecule has 0 saturated carbocycles. The quantitative estimate of drug-likeness (QED) is 0.0545. The lowest BCUT2D eigenvalue weighted by Gasteiger charge is -2.46. The van der Waals surface area contributed by atoms with Crippen molar-refractivity contribution in [3.63, 3.8) is 0 Å². The fraction of sp³-hybridized carbons (Fsp3) is 0.487. The minimum Gasteiger partial charge on any atom is -0.477 e. The third-order valence-corrected chi connectivity index (χ3v) is 12.6. The number of nitro groups is 2. The number of β-lactam (4-membered cyclic amide) rings is 1. The largest absolute Gasteiger partial charge is 0.477 e. The standard InChI is InChI=1S/C39H45N7O13S/c1-21-34-33(22(2)47)37(50)44(34)35(38(51)52)36(21)60-29-15-28(43(18-29)39(53)59-20-24-5-9-27(10-6-24)46(56)57)11-12-31(48)42-14-13-25(17-42)41-30(40)16-32(49)58-19-23-3-7-26(8-4-23)45(54)55/h3-10,21-22,25,28-29,33-34,47H,11-20H2,1-2H3,(H2,40,41)(H,51,52)/t21-,22?,25+,28+,29+,33-,34-/m1/s1. The highest BCUT2D eigenvalue weighted by molar-refractivity contribution is 8.03. The zero-order chi connectivity index (χ0) is 43.4. The number of likely N-dealkylation sites (tertiary alicyclic amines) is 2. The van der Waals surface area contributed by atoms with E-state index in [0.29, 0.717) is 35.4 Å². The molecule has 4 heterocycles. The summed E-state index contributed by atoms with van der Waals surface area (Å²) >= 11 is 1.27. The number of amidine groups is 1. The van der Waals surface area contributed by atoms with E-state index in [0.717, 1.165) is 0 Å². The number of aliphatic hydroxyl groups excluding tert-OH is 1. The number of fused-ring (bicyclic) bond motifs is 1. The van der Waals surface area contributed by atoms with Gasteiger partial charge in [0.1, 0.15) is 31.2 Å². The Morgan fingerprint density at radius 3 is 2.15 bits per heavy atom. The van der Waals surface area contributed by atoms with Gasteiger partial charge in [-0.1, -0.05) is 6.92 Å². The number of nitro benzene ring substituents is 2. The van der Waals surface area contributed by atoms with Crippen molar-refractivity contribution in [2.45, 2.75) is 88.6 Å². The summed E-state index contributed by atoms with van der Waals surface area (Å²) in [4.78, 5) is 94.9. The summed E-state index contributed by atoms with van der Waals surface area (Å²) in [5, 5.41) is 42.0. The van der Waals surface area contributed by atoms with Crippen LogP contribution >= 0.6 is 11.8 Å². The van der Waals surface area contributed by atoms with E-state index in [1.165, 1.54) is 77.0 Å². The highest BCUT2D eigenvalue weighted by Gasteiger charge is 2.60. The van der Waals surface area contributed by atoms with Crippen LogP contribution in [0.5, 0.6) is 0 Å². The smallest absolute Gasteiger partial charge is 0.410 e. The number of thioether (sulfide) groups is 1. The second kappa shape index (κ2) is 18.4. The summed E-state index contributed by atoms with van der Waals surface area (Å²) in [6, 6.07) is 9.81. The molecule has 0 radical (unpaired) electrons. The Bertz CT molecular complexity index is 2100. The van der Waals surface area contributed by atoms with Crippen LogP contribution in [0.3, 0.4) is 0 Å². The van der Waals surface area contributed by atoms with E-state index in [2.05, 4.69) is 4.99 Å². The zero-order valence-corrected chi connectivity index (χ0v) is 33.6. The van der Waals surface area contributed by atoms with Crippen LogP contribution in [0.4, 0.5) is 16.2 Å². The highest BCUT2D eigenvalue weighted by Crippen LogP contribution is 2.52. The molecule has 2 aromatic carbocycles. The number of aliphatic carboxylic acids is 1. The molecule has 6 rings (SSSR count). The summed E-state index contributed by atoms with van der Waals surface area (Å²) in [6.45, 7) is 3.85. The number of hydrogen-bond donors (Lipinski definition) is 3. The van der Waals surface area contributed by atoms with Crippen molar-refractivity contribution in [3.8, 4) is 0 Å². The van der Waals surface area contributed by atoms with E-state index >= 15 is 0 Å². The van der Waals surface area contributed by atoms with Crippen LogP contribution in [0.15, 0.2) is 64.1 Å². The Morgan fingerprint density at radius 2 is 1.58 bits per heavy atom. The number of carboxylic acids is 1. The summed E-state index contributed by atoms with van der Waals surface area (Å²) in [7, 11) is 0. The number of hydrogen-bond acceptors (Lipinski definition) is 14. The molecule has 4 aliphatic heterocycles. The van der Waals surface area contributed by atoms with Gasteiger partial charge in [-0.05, 0) is 61.6 Å². The average molecular weight is 852 g/mol. The summed E-state index contributed by atoms with van der Waals surface area (Å²) in [6.07, 6.45) is -0.710. The van der Waals surface area contributed by atoms with Crippen molar-refractivity contribution in [3.05, 3.63) is 90.5 Å². The molecule has 1 unspecified atom stereocenters. The summed E-state index contributed by atoms with van der Waals surface area (Å²) in [5.41, 5.74) is 6.79. The highest BCUT2D eigenvalue weighted by atomic mass is 32.2. The lowest BCUT2D eigenvalue weighted by molar-refractivity contribution is -0.385. The first kappa shape index (κ1) is 43.5. The van der Waals surface area contributed by atoms with E-state index in [-0.39, 0.29) is 91.6 Å². The molecule has 0 spiro atoms. The first-order valence-corrected chi connectivity index (χ1v) is 20.2. The average Bonchev–Trinajstić information content (AvgIpc) is 3.90. The molecule has 0 aromatic heterocycles. The third-order valence-electron chi connectivity index (χ3n) is 11.2. The molecule has 60 heavy (non-hydrogen) atoms. The minimum atomic E-state index is -1.27. The van der Waals surface area contributed by atoms with Crippen LogP contribution in [0.1, 0.15) is 57.1 Å². The number of carboxylic acid groups (broad SMARTS) is 1. The van der Waals surface area contributed by atoms with Gasteiger partial charge < -0.3 is 40.1 Å². The van der Waals surface area contributed by atoms with Gasteiger partial charge in [-0.3, -0.25) is 39.6 Å². The maximum Gasteiger partial charge on any atom is 0.410 e. The number of esters is 1. The number of benzene rings is 2. The third kappa shape index (κ3) is 9.68. The number of carbonyl (C=O) groups is 5. The molecule has 0 aliphatic carbocycles. The fourth-order valence-electron chi connectivity index (χ4n) is 8.14. The predicted molar refractivity (Wildman–Crippen MR) is 213 cm³/mol. The maximum absolute atomic E-state index is 13.6. The number of aliphatic imine (C=N–C) groups is 1. The van der Waals surface area contributed by atoms with Crippen LogP contribution in [0, 0.1) is 32.1 Å². The van der Waals surface area contributed by atoms with Gasteiger partial charge in [0.25, 0.3) is 11.4 Å². The van der Waals surface area contributed by atoms with Gasteiger partial charge in [0.2, 0.25) is 11.8 Å². The van der Waals surface area contributed by atoms with Gasteiger partial charge in [-0.2, -0.15) is 0 Å². The van der Waals surface area contributed by atoms with Crippen molar-refractivity contribution in [1.82, 2.24) is 14.7 Å². The SMILES string of the molecule is CC(O)[C@H]1C(=O)N2C(C(=O)O)=C(S[C@H]3C[C@H](CCC(=O)N4CC[C@H](N=C(N)CC(=O)OCc5ccc([N+](=O)[O-])cc5)C4)N(C(=O)OCc4ccc([N+](=O)[O-])cc4)C3)[C@H](C)[C@H]12. The van der Waals surface area contributed by atoms with Gasteiger partial charge in [-0.15, -0.1) is 11.8 Å². The number of nitrogens with two attached hydrogens (primary N) is 1. The van der Waals surface area contributed by atoms with Crippen LogP contribution < -0.4 is 5.73 Å². The van der Waals surface area contributed by atoms with Crippen LogP contribution in [-0.2, 0) is 41.9 Å². The van der Waals surface area contributed by atoms with Crippen molar-refractivity contribution >= 4 is 58.8 Å². The van der Waals surface area contributed by atoms with Crippen LogP contribution in [0.2, 0.25) is 0 Å². The van der Waals surface area contributed by atoms with Gasteiger partial charge >= 0.3 is 18.0 Å². The van der Waals surface area contributed by atoms with Crippen LogP contribution in [-0.4, -0.2) is 120 Å². The van der Waals surface area contributed by atoms with Gasteiger partial charge in [0, 0.05) is 72.4 Å². The summed E-state index contributed by atoms with van der Waals surface area (Å²) in [5.74, 6) is -3.61. The molecule has 3 saturated heterocycles. The number of rotatable bonds is 16. The Hall–Kier alpha value is -6.09. The molecule has 2 aromatic rings. The lowest BCUT2D eigenvalue weighted by atomic mass is 9.79. The first-order valence-electron chi connectivity index (χ1n) is 19.3. The van der Waals surface area contributed by atoms with E-state index in [1.807, 2.05) is 6.92 Å². The molecule has 3 fully saturated rings. The number of nitrogens with zero attached hydrogens (tertiary/aromatic N) is 6. The van der Waals surface area contributed by atoms with Gasteiger partial charge in [-0.25, -0.2) is 9.59 Å². The Kier molecular flexibility index (Phi) is 13.4. The molecule has 4 N–H and O–H groups in total. The monoisotopic (exact) mass is 851 g/mol. The van der Waals surface area contributed by atoms with Crippen molar-refractivity contribution in [1.29, 1.82) is 0 Å². The molecule has 3 amide bonds. The molecule has 20 nitrogen and oxygen atoms in total. The summed E-state index contributed by atoms with van der Waals surface area (Å²) < 4.78 is 10.8. The Labute approximate surface area is 347 Å². The first-order chi connectivity index (χ1) is 28.5. The molecular formula is C39H45N7O13S. The number of amides is 3. The maximum atomic E-state index is 13.6. The molecule has 0 bridgehead atoms. The van der Waals surface area contributed by atoms with E-state index in [1.54, 1.807) is 4.90 Å². The van der Waals surface area contributed by atoms with Crippen molar-refractivity contribution < 1.29 is 53.5 Å². The lowest BCUT2D eigenvalue weighted by Crippen LogP contribution is -2.63. The normalized spacial score (nSPS) is 24.2. The molecule has 21 heteroatoms. The number of aliphatic hydroxyl groups is 1. The van der Waals surface area contributed by atoms with E-state index in [4.69, 9.17) is 15.2 Å². The second-order valence-electron chi connectivity index (χ2n) is 15.2. The topological polar surface area (TPSA) is 279 Å². The van der Waals surface area contributed by atoms with Crippen molar-refractivity contribution in [2.75, 3.05) is 19.6 Å². The molecule has 4 aliphatic rings. The van der Waals surface area contributed by atoms with Crippen LogP contribution in [0.25, 0.3) is 0 Å². The second-order valence-corrected chi connectivity index (χ2v) is 16.6. The number of ether oxygens (including phenoxy) is 2.